The Morgan fingerprint density at radius 3 is 2.46 bits per heavy atom. The number of carbonyl (C=O) groups excluding carboxylic acids is 3. The molecule has 0 aromatic heterocycles. The SMILES string of the molecule is CC(=O)c1ccc(NC(=O)CC2NC3CCCCC3NC2=O)cc1. The molecule has 1 aliphatic carbocycles. The molecule has 2 amide bonds. The fraction of sp³-hybridized carbons (Fsp3) is 0.500. The van der Waals surface area contributed by atoms with Gasteiger partial charge in [0.2, 0.25) is 11.8 Å². The van der Waals surface area contributed by atoms with Crippen molar-refractivity contribution < 1.29 is 14.4 Å². The average molecular weight is 329 g/mol. The van der Waals surface area contributed by atoms with Crippen molar-refractivity contribution in [2.75, 3.05) is 5.32 Å². The smallest absolute Gasteiger partial charge is 0.237 e. The minimum absolute atomic E-state index is 0.0158. The summed E-state index contributed by atoms with van der Waals surface area (Å²) in [5, 5.41) is 9.14. The first kappa shape index (κ1) is 16.6. The van der Waals surface area contributed by atoms with Gasteiger partial charge in [-0.25, -0.2) is 0 Å². The Labute approximate surface area is 141 Å². The fourth-order valence-corrected chi connectivity index (χ4v) is 3.46. The van der Waals surface area contributed by atoms with Gasteiger partial charge in [0.25, 0.3) is 0 Å². The van der Waals surface area contributed by atoms with Gasteiger partial charge in [-0.2, -0.15) is 0 Å². The first-order valence-electron chi connectivity index (χ1n) is 8.50. The van der Waals surface area contributed by atoms with Crippen LogP contribution in [-0.4, -0.2) is 35.7 Å². The zero-order chi connectivity index (χ0) is 17.1. The van der Waals surface area contributed by atoms with E-state index in [2.05, 4.69) is 16.0 Å². The van der Waals surface area contributed by atoms with Gasteiger partial charge >= 0.3 is 0 Å². The van der Waals surface area contributed by atoms with Crippen molar-refractivity contribution >= 4 is 23.3 Å². The summed E-state index contributed by atoms with van der Waals surface area (Å²) in [5.41, 5.74) is 1.22. The average Bonchev–Trinajstić information content (AvgIpc) is 2.56. The number of fused-ring (bicyclic) bond motifs is 1. The van der Waals surface area contributed by atoms with Crippen LogP contribution in [0.3, 0.4) is 0 Å². The third-order valence-electron chi connectivity index (χ3n) is 4.79. The van der Waals surface area contributed by atoms with Crippen molar-refractivity contribution in [1.29, 1.82) is 0 Å². The highest BCUT2D eigenvalue weighted by Gasteiger charge is 2.36. The number of hydrogen-bond donors (Lipinski definition) is 3. The van der Waals surface area contributed by atoms with Crippen molar-refractivity contribution in [3.63, 3.8) is 0 Å². The molecule has 0 spiro atoms. The highest BCUT2D eigenvalue weighted by atomic mass is 16.2. The first-order valence-corrected chi connectivity index (χ1v) is 8.50. The number of Topliss-reactive ketones (excluding diaryl/α,β-unsaturated/α-hetero) is 1. The van der Waals surface area contributed by atoms with Crippen LogP contribution < -0.4 is 16.0 Å². The van der Waals surface area contributed by atoms with Crippen LogP contribution in [-0.2, 0) is 9.59 Å². The number of piperazine rings is 1. The number of carbonyl (C=O) groups is 3. The quantitative estimate of drug-likeness (QED) is 0.733. The second kappa shape index (κ2) is 7.13. The highest BCUT2D eigenvalue weighted by Crippen LogP contribution is 2.22. The number of amides is 2. The molecule has 6 heteroatoms. The van der Waals surface area contributed by atoms with Crippen LogP contribution >= 0.6 is 0 Å². The van der Waals surface area contributed by atoms with Crippen LogP contribution in [0.1, 0.15) is 49.4 Å². The van der Waals surface area contributed by atoms with Crippen molar-refractivity contribution in [2.24, 2.45) is 0 Å². The molecule has 2 aliphatic rings. The molecule has 3 rings (SSSR count). The molecule has 1 aromatic carbocycles. The van der Waals surface area contributed by atoms with E-state index in [1.165, 1.54) is 6.92 Å². The largest absolute Gasteiger partial charge is 0.350 e. The van der Waals surface area contributed by atoms with Crippen molar-refractivity contribution in [3.8, 4) is 0 Å². The molecule has 0 radical (unpaired) electrons. The van der Waals surface area contributed by atoms with Gasteiger partial charge in [-0.05, 0) is 44.0 Å². The lowest BCUT2D eigenvalue weighted by molar-refractivity contribution is -0.129. The molecular formula is C18H23N3O3. The Kier molecular flexibility index (Phi) is 4.94. The standard InChI is InChI=1S/C18H23N3O3/c1-11(22)12-6-8-13(9-7-12)19-17(23)10-16-18(24)21-15-5-3-2-4-14(15)20-16/h6-9,14-16,20H,2-5,10H2,1H3,(H,19,23)(H,21,24). The van der Waals surface area contributed by atoms with E-state index in [9.17, 15) is 14.4 Å². The topological polar surface area (TPSA) is 87.3 Å². The Morgan fingerprint density at radius 2 is 1.79 bits per heavy atom. The van der Waals surface area contributed by atoms with Gasteiger partial charge in [0.15, 0.2) is 5.78 Å². The van der Waals surface area contributed by atoms with Crippen molar-refractivity contribution in [1.82, 2.24) is 10.6 Å². The molecular weight excluding hydrogens is 306 g/mol. The van der Waals surface area contributed by atoms with E-state index in [4.69, 9.17) is 0 Å². The van der Waals surface area contributed by atoms with Crippen molar-refractivity contribution in [2.45, 2.75) is 57.2 Å². The predicted octanol–water partition coefficient (Wildman–Crippen LogP) is 1.62. The molecule has 3 unspecified atom stereocenters. The lowest BCUT2D eigenvalue weighted by Gasteiger charge is -2.40. The summed E-state index contributed by atoms with van der Waals surface area (Å²) in [5.74, 6) is -0.328. The summed E-state index contributed by atoms with van der Waals surface area (Å²) in [6, 6.07) is 6.72. The predicted molar refractivity (Wildman–Crippen MR) is 90.8 cm³/mol. The lowest BCUT2D eigenvalue weighted by Crippen LogP contribution is -2.65. The summed E-state index contributed by atoms with van der Waals surface area (Å²) in [6.07, 6.45) is 4.44. The second-order valence-electron chi connectivity index (χ2n) is 6.61. The Bertz CT molecular complexity index is 641. The van der Waals surface area contributed by atoms with E-state index >= 15 is 0 Å². The van der Waals surface area contributed by atoms with E-state index in [0.29, 0.717) is 11.3 Å². The maximum absolute atomic E-state index is 12.2. The minimum Gasteiger partial charge on any atom is -0.350 e. The number of rotatable bonds is 4. The summed E-state index contributed by atoms with van der Waals surface area (Å²) in [6.45, 7) is 1.50. The number of ketones is 1. The summed E-state index contributed by atoms with van der Waals surface area (Å²) in [7, 11) is 0. The summed E-state index contributed by atoms with van der Waals surface area (Å²) >= 11 is 0. The van der Waals surface area contributed by atoms with E-state index in [1.807, 2.05) is 0 Å². The fourth-order valence-electron chi connectivity index (χ4n) is 3.46. The van der Waals surface area contributed by atoms with Crippen molar-refractivity contribution in [3.05, 3.63) is 29.8 Å². The molecule has 6 nitrogen and oxygen atoms in total. The number of benzene rings is 1. The van der Waals surface area contributed by atoms with Gasteiger partial charge in [0.05, 0.1) is 12.5 Å². The molecule has 1 heterocycles. The molecule has 3 atom stereocenters. The van der Waals surface area contributed by atoms with Crippen LogP contribution in [0, 0.1) is 0 Å². The maximum Gasteiger partial charge on any atom is 0.237 e. The molecule has 24 heavy (non-hydrogen) atoms. The van der Waals surface area contributed by atoms with Gasteiger partial charge in [-0.3, -0.25) is 14.4 Å². The Hall–Kier alpha value is -2.21. The molecule has 128 valence electrons. The number of nitrogens with one attached hydrogen (secondary N) is 3. The van der Waals surface area contributed by atoms with Crippen LogP contribution in [0.2, 0.25) is 0 Å². The highest BCUT2D eigenvalue weighted by molar-refractivity contribution is 5.97. The Morgan fingerprint density at radius 1 is 1.12 bits per heavy atom. The third-order valence-corrected chi connectivity index (χ3v) is 4.79. The zero-order valence-electron chi connectivity index (χ0n) is 13.8. The van der Waals surface area contributed by atoms with Gasteiger partial charge < -0.3 is 16.0 Å². The monoisotopic (exact) mass is 329 g/mol. The number of hydrogen-bond acceptors (Lipinski definition) is 4. The van der Waals surface area contributed by atoms with E-state index in [1.54, 1.807) is 24.3 Å². The third kappa shape index (κ3) is 3.82. The number of anilines is 1. The summed E-state index contributed by atoms with van der Waals surface area (Å²) < 4.78 is 0. The van der Waals surface area contributed by atoms with Crippen LogP contribution in [0.5, 0.6) is 0 Å². The first-order chi connectivity index (χ1) is 11.5. The molecule has 1 aliphatic heterocycles. The lowest BCUT2D eigenvalue weighted by atomic mass is 9.87. The van der Waals surface area contributed by atoms with Crippen LogP contribution in [0.15, 0.2) is 24.3 Å². The molecule has 3 N–H and O–H groups in total. The zero-order valence-corrected chi connectivity index (χ0v) is 13.8. The van der Waals surface area contributed by atoms with Crippen LogP contribution in [0.4, 0.5) is 5.69 Å². The molecule has 0 bridgehead atoms. The van der Waals surface area contributed by atoms with Crippen LogP contribution in [0.25, 0.3) is 0 Å². The van der Waals surface area contributed by atoms with Gasteiger partial charge in [0, 0.05) is 23.3 Å². The molecule has 1 saturated heterocycles. The van der Waals surface area contributed by atoms with Gasteiger partial charge in [0.1, 0.15) is 0 Å². The van der Waals surface area contributed by atoms with Gasteiger partial charge in [-0.15, -0.1) is 0 Å². The minimum atomic E-state index is -0.485. The van der Waals surface area contributed by atoms with E-state index in [-0.39, 0.29) is 36.1 Å². The second-order valence-corrected chi connectivity index (χ2v) is 6.61. The van der Waals surface area contributed by atoms with E-state index in [0.717, 1.165) is 25.7 Å². The molecule has 1 aromatic rings. The molecule has 2 fully saturated rings. The van der Waals surface area contributed by atoms with Gasteiger partial charge in [-0.1, -0.05) is 12.8 Å². The molecule has 1 saturated carbocycles. The maximum atomic E-state index is 12.2. The van der Waals surface area contributed by atoms with E-state index < -0.39 is 6.04 Å². The Balaban J connectivity index is 1.56. The normalized spacial score (nSPS) is 26.2. The summed E-state index contributed by atoms with van der Waals surface area (Å²) in [4.78, 5) is 35.6.